The molecule has 1 amide bonds. The van der Waals surface area contributed by atoms with Gasteiger partial charge in [-0.1, -0.05) is 24.3 Å². The van der Waals surface area contributed by atoms with Gasteiger partial charge in [0.25, 0.3) is 5.91 Å². The molecule has 1 spiro atoms. The Morgan fingerprint density at radius 2 is 1.52 bits per heavy atom. The summed E-state index contributed by atoms with van der Waals surface area (Å²) >= 11 is 5.40. The summed E-state index contributed by atoms with van der Waals surface area (Å²) in [5, 5.41) is 38.1. The van der Waals surface area contributed by atoms with Gasteiger partial charge in [-0.15, -0.1) is 0 Å². The molecule has 2 aliphatic rings. The Morgan fingerprint density at radius 1 is 0.831 bits per heavy atom. The fourth-order valence-corrected chi connectivity index (χ4v) is 7.99. The highest BCUT2D eigenvalue weighted by molar-refractivity contribution is 7.80. The Kier molecular flexibility index (Phi) is 14.8. The van der Waals surface area contributed by atoms with Gasteiger partial charge in [-0.2, -0.15) is 15.5 Å². The number of carbonyl (C=O) groups excluding carboxylic acids is 4. The molecule has 4 N–H and O–H groups in total. The first kappa shape index (κ1) is 48.5. The average molecular weight is 972 g/mol. The van der Waals surface area contributed by atoms with E-state index in [1.54, 1.807) is 73.8 Å². The third kappa shape index (κ3) is 10.9. The number of nitrogens with zero attached hydrogens (tertiary/aromatic N) is 4. The van der Waals surface area contributed by atoms with Crippen LogP contribution in [0.1, 0.15) is 59.7 Å². The quantitative estimate of drug-likeness (QED) is 0.0135. The fraction of sp³-hybridized carbons (Fsp3) is 0.170. The predicted molar refractivity (Wildman–Crippen MR) is 267 cm³/mol. The molecule has 8 rings (SSSR count). The van der Waals surface area contributed by atoms with Crippen LogP contribution in [0.4, 0.5) is 22.7 Å². The third-order valence-corrected chi connectivity index (χ3v) is 11.5. The first-order valence-electron chi connectivity index (χ1n) is 22.1. The minimum Gasteiger partial charge on any atom is -0.508 e. The molecule has 2 aliphatic heterocycles. The molecule has 358 valence electrons. The van der Waals surface area contributed by atoms with Crippen LogP contribution in [0.3, 0.4) is 0 Å². The Morgan fingerprint density at radius 3 is 2.24 bits per heavy atom. The second-order valence-corrected chi connectivity index (χ2v) is 16.6. The lowest BCUT2D eigenvalue weighted by Crippen LogP contribution is -2.33. The Labute approximate surface area is 413 Å². The van der Waals surface area contributed by atoms with Crippen molar-refractivity contribution in [1.29, 1.82) is 5.26 Å². The van der Waals surface area contributed by atoms with Crippen LogP contribution in [-0.2, 0) is 24.6 Å². The van der Waals surface area contributed by atoms with Crippen LogP contribution in [0.5, 0.6) is 23.0 Å². The molecule has 1 atom stereocenters. The summed E-state index contributed by atoms with van der Waals surface area (Å²) in [6, 6.07) is 36.5. The highest BCUT2D eigenvalue weighted by atomic mass is 32.1. The Bertz CT molecular complexity index is 3150. The monoisotopic (exact) mass is 971 g/mol. The second-order valence-electron chi connectivity index (χ2n) is 16.2. The molecule has 6 aromatic rings. The number of methoxy groups -OCH3 is 1. The lowest BCUT2D eigenvalue weighted by atomic mass is 9.77. The summed E-state index contributed by atoms with van der Waals surface area (Å²) in [4.78, 5) is 55.2. The number of rotatable bonds is 16. The molecule has 6 aromatic carbocycles. The van der Waals surface area contributed by atoms with Crippen molar-refractivity contribution < 1.29 is 48.0 Å². The van der Waals surface area contributed by atoms with Crippen molar-refractivity contribution in [3.05, 3.63) is 172 Å². The molecule has 2 heterocycles. The number of nitriles is 1. The number of fused-ring (bicyclic) bond motifs is 6. The number of azo groups is 1. The molecule has 0 bridgehead atoms. The maximum Gasteiger partial charge on any atom is 0.348 e. The fourth-order valence-electron chi connectivity index (χ4n) is 7.77. The molecule has 0 saturated carbocycles. The maximum atomic E-state index is 13.8. The van der Waals surface area contributed by atoms with Crippen LogP contribution in [-0.4, -0.2) is 81.5 Å². The highest BCUT2D eigenvalue weighted by Crippen LogP contribution is 2.57. The summed E-state index contributed by atoms with van der Waals surface area (Å²) in [5.41, 5.74) is 3.28. The zero-order valence-electron chi connectivity index (χ0n) is 38.6. The van der Waals surface area contributed by atoms with Crippen molar-refractivity contribution in [2.75, 3.05) is 57.7 Å². The van der Waals surface area contributed by atoms with Gasteiger partial charge in [0, 0.05) is 80.1 Å². The summed E-state index contributed by atoms with van der Waals surface area (Å²) in [7, 11) is 5.49. The molecule has 0 radical (unpaired) electrons. The van der Waals surface area contributed by atoms with Crippen molar-refractivity contribution in [2.45, 2.75) is 12.0 Å². The van der Waals surface area contributed by atoms with Crippen molar-refractivity contribution in [2.24, 2.45) is 10.2 Å². The smallest absolute Gasteiger partial charge is 0.348 e. The Balaban J connectivity index is 0.898. The van der Waals surface area contributed by atoms with E-state index in [2.05, 4.69) is 26.2 Å². The van der Waals surface area contributed by atoms with Gasteiger partial charge in [0.15, 0.2) is 10.7 Å². The standard InChI is InChI=1S/C53H45N7O10S/c1-60(2)38-16-13-36(14-17-38)59-58-35-11-9-32(10-12-35)48(62)55-23-6-25-67-49(63)34(31-54)27-33-7-4-5-8-41(33)50(64)68-40-19-22-45-47(30-40)69-46-29-39(61)18-21-44(46)53(45)43-20-15-37(28-42(43)51(65)70-53)57-52(71)56-24-26-66-3/h4-5,7-22,27-30,61H,6,23-26H2,1-3H3,(H,55,62)(H2,56,57,71)/b34-27+,59-58+. The summed E-state index contributed by atoms with van der Waals surface area (Å²) < 4.78 is 28.7. The van der Waals surface area contributed by atoms with E-state index < -0.39 is 23.5 Å². The number of anilines is 2. The van der Waals surface area contributed by atoms with E-state index >= 15 is 0 Å². The van der Waals surface area contributed by atoms with Crippen molar-refractivity contribution in [3.63, 3.8) is 0 Å². The molecular weight excluding hydrogens is 927 g/mol. The average Bonchev–Trinajstić information content (AvgIpc) is 3.65. The van der Waals surface area contributed by atoms with Crippen LogP contribution in [0.2, 0.25) is 0 Å². The van der Waals surface area contributed by atoms with Crippen molar-refractivity contribution in [3.8, 4) is 29.1 Å². The van der Waals surface area contributed by atoms with Gasteiger partial charge in [0.2, 0.25) is 0 Å². The largest absolute Gasteiger partial charge is 0.508 e. The molecule has 18 heteroatoms. The van der Waals surface area contributed by atoms with Crippen LogP contribution in [0.25, 0.3) is 6.08 Å². The minimum absolute atomic E-state index is 0.0311. The third-order valence-electron chi connectivity index (χ3n) is 11.3. The SMILES string of the molecule is COCCNC(=S)Nc1ccc2c(c1)C(=O)OC21c2ccc(O)cc2Oc2cc(OC(=O)c3ccccc3/C=C(\C#N)C(=O)OCCCNC(=O)c3ccc(/N=N/c4ccc(N(C)C)cc4)cc3)ccc21. The van der Waals surface area contributed by atoms with Crippen LogP contribution >= 0.6 is 12.2 Å². The molecule has 71 heavy (non-hydrogen) atoms. The van der Waals surface area contributed by atoms with E-state index in [1.807, 2.05) is 49.3 Å². The summed E-state index contributed by atoms with van der Waals surface area (Å²) in [6.07, 6.45) is 1.49. The summed E-state index contributed by atoms with van der Waals surface area (Å²) in [5.74, 6) is -2.35. The minimum atomic E-state index is -1.50. The first-order valence-corrected chi connectivity index (χ1v) is 22.5. The molecule has 1 unspecified atom stereocenters. The second kappa shape index (κ2) is 21.6. The van der Waals surface area contributed by atoms with Crippen molar-refractivity contribution in [1.82, 2.24) is 10.6 Å². The number of phenolic OH excluding ortho intramolecular Hbond substituents is 1. The number of esters is 3. The van der Waals surface area contributed by atoms with Crippen molar-refractivity contribution >= 4 is 70.0 Å². The van der Waals surface area contributed by atoms with E-state index in [0.717, 1.165) is 5.69 Å². The number of nitrogens with one attached hydrogen (secondary N) is 3. The van der Waals surface area contributed by atoms with Gasteiger partial charge in [0.1, 0.15) is 34.6 Å². The number of hydrogen-bond acceptors (Lipinski definition) is 15. The lowest BCUT2D eigenvalue weighted by molar-refractivity contribution is -0.138. The number of ether oxygens (including phenoxy) is 5. The maximum absolute atomic E-state index is 13.8. The number of hydrogen-bond donors (Lipinski definition) is 4. The van der Waals surface area contributed by atoms with Gasteiger partial charge in [-0.05, 0) is 121 Å². The number of benzene rings is 6. The predicted octanol–water partition coefficient (Wildman–Crippen LogP) is 8.86. The number of carbonyl (C=O) groups is 4. The zero-order chi connectivity index (χ0) is 50.1. The van der Waals surface area contributed by atoms with Gasteiger partial charge in [-0.25, -0.2) is 14.4 Å². The molecular formula is C53H45N7O10S. The number of amides is 1. The Hall–Kier alpha value is -8.92. The summed E-state index contributed by atoms with van der Waals surface area (Å²) in [6.45, 7) is 1.00. The van der Waals surface area contributed by atoms with Gasteiger partial charge < -0.3 is 49.6 Å². The first-order chi connectivity index (χ1) is 34.4. The number of aromatic hydroxyl groups is 1. The van der Waals surface area contributed by atoms with E-state index in [9.17, 15) is 29.5 Å². The van der Waals surface area contributed by atoms with Crippen LogP contribution < -0.4 is 30.3 Å². The lowest BCUT2D eigenvalue weighted by Gasteiger charge is -2.36. The van der Waals surface area contributed by atoms with Crippen LogP contribution in [0.15, 0.2) is 143 Å². The molecule has 0 aromatic heterocycles. The molecule has 0 aliphatic carbocycles. The normalized spacial score (nSPS) is 14.2. The number of thiocarbonyl (C=S) groups is 1. The van der Waals surface area contributed by atoms with E-state index in [4.69, 9.17) is 35.9 Å². The van der Waals surface area contributed by atoms with Gasteiger partial charge in [-0.3, -0.25) is 4.79 Å². The van der Waals surface area contributed by atoms with Crippen LogP contribution in [0, 0.1) is 11.3 Å². The number of phenols is 1. The molecule has 0 saturated heterocycles. The van der Waals surface area contributed by atoms with E-state index in [0.29, 0.717) is 57.6 Å². The van der Waals surface area contributed by atoms with Gasteiger partial charge >= 0.3 is 17.9 Å². The topological polar surface area (TPSA) is 222 Å². The zero-order valence-corrected chi connectivity index (χ0v) is 39.4. The van der Waals surface area contributed by atoms with Gasteiger partial charge in [0.05, 0.1) is 35.7 Å². The van der Waals surface area contributed by atoms with E-state index in [-0.39, 0.29) is 70.7 Å². The highest BCUT2D eigenvalue weighted by Gasteiger charge is 2.53. The molecule has 17 nitrogen and oxygen atoms in total. The van der Waals surface area contributed by atoms with E-state index in [1.165, 1.54) is 42.5 Å². The molecule has 0 fully saturated rings.